The van der Waals surface area contributed by atoms with Crippen LogP contribution in [0.1, 0.15) is 37.0 Å². The lowest BCUT2D eigenvalue weighted by atomic mass is 10.0. The number of nitrogens with zero attached hydrogens (tertiary/aromatic N) is 2. The fraction of sp³-hybridized carbons (Fsp3) is 0.350. The van der Waals surface area contributed by atoms with Crippen LogP contribution >= 0.6 is 0 Å². The fourth-order valence-electron chi connectivity index (χ4n) is 2.68. The third-order valence-corrected chi connectivity index (χ3v) is 4.23. The summed E-state index contributed by atoms with van der Waals surface area (Å²) in [6, 6.07) is 2.76. The zero-order valence-corrected chi connectivity index (χ0v) is 16.0. The number of carbonyl (C=O) groups is 1. The number of fused-ring (bicyclic) bond motifs is 1. The van der Waals surface area contributed by atoms with Crippen LogP contribution in [0.5, 0.6) is 0 Å². The summed E-state index contributed by atoms with van der Waals surface area (Å²) in [5.74, 6) is 5.73. The van der Waals surface area contributed by atoms with Gasteiger partial charge in [-0.05, 0) is 31.9 Å². The maximum Gasteiger partial charge on any atom is 0.413 e. The van der Waals surface area contributed by atoms with Gasteiger partial charge in [-0.25, -0.2) is 22.9 Å². The van der Waals surface area contributed by atoms with Gasteiger partial charge < -0.3 is 10.5 Å². The summed E-state index contributed by atoms with van der Waals surface area (Å²) in [5, 5.41) is 2.55. The molecule has 0 spiro atoms. The van der Waals surface area contributed by atoms with Crippen molar-refractivity contribution < 1.29 is 22.7 Å². The number of ether oxygens (including phenoxy) is 1. The smallest absolute Gasteiger partial charge is 0.413 e. The fourth-order valence-corrected chi connectivity index (χ4v) is 2.68. The summed E-state index contributed by atoms with van der Waals surface area (Å²) < 4.78 is 41.6. The predicted molar refractivity (Wildman–Crippen MR) is 103 cm³/mol. The maximum atomic E-state index is 14.6. The number of anilines is 2. The van der Waals surface area contributed by atoms with Crippen LogP contribution in [0.15, 0.2) is 29.5 Å². The number of nitrogen functional groups attached to an aromatic ring is 1. The minimum Gasteiger partial charge on any atom is -0.428 e. The second-order valence-electron chi connectivity index (χ2n) is 6.81. The summed E-state index contributed by atoms with van der Waals surface area (Å²) in [6.07, 6.45) is 0.975. The molecule has 4 rings (SSSR count). The highest BCUT2D eigenvalue weighted by Gasteiger charge is 2.27. The van der Waals surface area contributed by atoms with Crippen molar-refractivity contribution in [1.29, 1.82) is 0 Å². The van der Waals surface area contributed by atoms with Crippen molar-refractivity contribution in [2.24, 2.45) is 5.92 Å². The van der Waals surface area contributed by atoms with Crippen molar-refractivity contribution in [3.63, 3.8) is 0 Å². The largest absolute Gasteiger partial charge is 0.428 e. The number of benzene rings is 1. The van der Waals surface area contributed by atoms with Gasteiger partial charge in [0.15, 0.2) is 6.10 Å². The molecule has 0 unspecified atom stereocenters. The van der Waals surface area contributed by atoms with E-state index in [-0.39, 0.29) is 17.8 Å². The normalized spacial score (nSPS) is 17.0. The van der Waals surface area contributed by atoms with Crippen LogP contribution in [0.4, 0.5) is 29.3 Å². The van der Waals surface area contributed by atoms with Gasteiger partial charge in [0.2, 0.25) is 6.43 Å². The van der Waals surface area contributed by atoms with E-state index in [1.165, 1.54) is 29.2 Å². The van der Waals surface area contributed by atoms with E-state index in [2.05, 4.69) is 22.1 Å². The van der Waals surface area contributed by atoms with E-state index < -0.39 is 30.0 Å². The second kappa shape index (κ2) is 8.90. The molecular formula is C20H19F3N4O3. The number of cyclic esters (lactones) is 1. The molecule has 1 aliphatic heterocycles. The minimum atomic E-state index is -2.17. The van der Waals surface area contributed by atoms with Gasteiger partial charge >= 0.3 is 6.09 Å². The lowest BCUT2D eigenvalue weighted by molar-refractivity contribution is 0.134. The number of hydrogen-bond donors (Lipinski definition) is 2. The number of amides is 1. The number of nitrogens with one attached hydrogen (secondary N) is 1. The number of rotatable bonds is 2. The van der Waals surface area contributed by atoms with Gasteiger partial charge in [-0.15, -0.1) is 0 Å². The highest BCUT2D eigenvalue weighted by Crippen LogP contribution is 2.34. The third-order valence-electron chi connectivity index (χ3n) is 4.23. The molecule has 2 heterocycles. The van der Waals surface area contributed by atoms with E-state index in [1.807, 2.05) is 0 Å². The van der Waals surface area contributed by atoms with Crippen molar-refractivity contribution in [1.82, 2.24) is 9.55 Å². The monoisotopic (exact) mass is 420 g/mol. The van der Waals surface area contributed by atoms with Crippen LogP contribution < -0.4 is 16.6 Å². The van der Waals surface area contributed by atoms with Crippen LogP contribution in [-0.4, -0.2) is 22.1 Å². The molecule has 158 valence electrons. The molecule has 1 fully saturated rings. The van der Waals surface area contributed by atoms with Crippen molar-refractivity contribution >= 4 is 17.5 Å². The van der Waals surface area contributed by atoms with E-state index in [1.54, 1.807) is 0 Å². The Bertz CT molecular complexity index is 1070. The average molecular weight is 420 g/mol. The Morgan fingerprint density at radius 1 is 1.33 bits per heavy atom. The molecule has 30 heavy (non-hydrogen) atoms. The Morgan fingerprint density at radius 2 is 2.03 bits per heavy atom. The Balaban J connectivity index is 0.000000589. The van der Waals surface area contributed by atoms with Gasteiger partial charge in [-0.3, -0.25) is 14.7 Å². The lowest BCUT2D eigenvalue weighted by Gasteiger charge is -2.23. The molecule has 2 aliphatic rings. The minimum absolute atomic E-state index is 0.0250. The van der Waals surface area contributed by atoms with Crippen LogP contribution in [0.3, 0.4) is 0 Å². The number of hydrogen-bond acceptors (Lipinski definition) is 5. The molecule has 1 aromatic carbocycles. The molecular weight excluding hydrogens is 401 g/mol. The molecule has 1 aromatic heterocycles. The van der Waals surface area contributed by atoms with E-state index in [9.17, 15) is 22.8 Å². The highest BCUT2D eigenvalue weighted by molar-refractivity contribution is 5.88. The Hall–Kier alpha value is -3.48. The quantitative estimate of drug-likeness (QED) is 0.727. The van der Waals surface area contributed by atoms with Crippen molar-refractivity contribution in [2.75, 3.05) is 11.1 Å². The molecule has 1 aliphatic carbocycles. The maximum absolute atomic E-state index is 14.6. The van der Waals surface area contributed by atoms with E-state index in [0.29, 0.717) is 17.2 Å². The van der Waals surface area contributed by atoms with Crippen molar-refractivity contribution in [3.05, 3.63) is 52.0 Å². The molecule has 0 saturated heterocycles. The van der Waals surface area contributed by atoms with E-state index in [0.717, 1.165) is 19.8 Å². The molecule has 1 amide bonds. The zero-order chi connectivity index (χ0) is 21.8. The SMILES string of the molecule is CC(F)F.Nc1cncn(Cc2cc3c(cc2F)[C@H](C#CC2CC2)OC(=O)N3)c1=O. The molecule has 7 nitrogen and oxygen atoms in total. The second-order valence-corrected chi connectivity index (χ2v) is 6.81. The first-order valence-corrected chi connectivity index (χ1v) is 9.13. The first-order chi connectivity index (χ1) is 14.2. The van der Waals surface area contributed by atoms with Crippen LogP contribution in [0.25, 0.3) is 0 Å². The molecule has 0 radical (unpaired) electrons. The van der Waals surface area contributed by atoms with Crippen LogP contribution in [0, 0.1) is 23.6 Å². The van der Waals surface area contributed by atoms with Gasteiger partial charge in [0.1, 0.15) is 11.5 Å². The average Bonchev–Trinajstić information content (AvgIpc) is 3.48. The van der Waals surface area contributed by atoms with E-state index >= 15 is 0 Å². The molecule has 2 aromatic rings. The number of nitrogens with two attached hydrogens (primary N) is 1. The topological polar surface area (TPSA) is 99.2 Å². The van der Waals surface area contributed by atoms with Gasteiger partial charge in [0, 0.05) is 17.0 Å². The summed E-state index contributed by atoms with van der Waals surface area (Å²) in [7, 11) is 0. The standard InChI is InChI=1S/C18H15FN4O3.C2H4F2/c19-13-6-12-15(22-18(25)26-16(12)4-3-10-1-2-10)5-11(13)8-23-9-21-7-14(20)17(23)24;1-2(3)4/h5-7,9-10,16H,1-2,8,20H2,(H,22,25);2H,1H3/t16-;/m0./s1. The van der Waals surface area contributed by atoms with Crippen molar-refractivity contribution in [2.45, 2.75) is 38.8 Å². The number of carbonyl (C=O) groups excluding carboxylic acids is 1. The van der Waals surface area contributed by atoms with Gasteiger partial charge in [0.05, 0.1) is 24.8 Å². The first kappa shape index (κ1) is 21.2. The number of alkyl halides is 2. The number of halogens is 3. The highest BCUT2D eigenvalue weighted by atomic mass is 19.3. The van der Waals surface area contributed by atoms with E-state index in [4.69, 9.17) is 10.5 Å². The molecule has 1 saturated carbocycles. The molecule has 1 atom stereocenters. The van der Waals surface area contributed by atoms with Gasteiger partial charge in [-0.1, -0.05) is 11.8 Å². The molecule has 0 bridgehead atoms. The van der Waals surface area contributed by atoms with Crippen LogP contribution in [0.2, 0.25) is 0 Å². The van der Waals surface area contributed by atoms with Crippen LogP contribution in [-0.2, 0) is 11.3 Å². The molecule has 10 heteroatoms. The van der Waals surface area contributed by atoms with Gasteiger partial charge in [-0.2, -0.15) is 0 Å². The van der Waals surface area contributed by atoms with Gasteiger partial charge in [0.25, 0.3) is 5.56 Å². The Morgan fingerprint density at radius 3 is 2.70 bits per heavy atom. The lowest BCUT2D eigenvalue weighted by Crippen LogP contribution is -2.26. The summed E-state index contributed by atoms with van der Waals surface area (Å²) in [4.78, 5) is 27.6. The predicted octanol–water partition coefficient (Wildman–Crippen LogP) is 3.30. The number of aromatic nitrogens is 2. The van der Waals surface area contributed by atoms with Crippen molar-refractivity contribution in [3.8, 4) is 11.8 Å². The summed E-state index contributed by atoms with van der Waals surface area (Å²) in [6.45, 7) is 0.769. The summed E-state index contributed by atoms with van der Waals surface area (Å²) in [5.41, 5.74) is 6.15. The Labute approximate surface area is 170 Å². The first-order valence-electron chi connectivity index (χ1n) is 9.13. The zero-order valence-electron chi connectivity index (χ0n) is 16.0. The summed E-state index contributed by atoms with van der Waals surface area (Å²) >= 11 is 0. The Kier molecular flexibility index (Phi) is 6.30. The molecule has 3 N–H and O–H groups in total. The third kappa shape index (κ3) is 5.31.